The number of Topliss-reactive ketones (excluding diaryl/α,β-unsaturated/α-hetero) is 1. The van der Waals surface area contributed by atoms with Gasteiger partial charge in [-0.2, -0.15) is 5.10 Å². The first-order valence-electron chi connectivity index (χ1n) is 6.31. The summed E-state index contributed by atoms with van der Waals surface area (Å²) in [6.07, 6.45) is 3.33. The molecule has 0 unspecified atom stereocenters. The molecule has 6 nitrogen and oxygen atoms in total. The number of benzene rings is 1. The van der Waals surface area contributed by atoms with E-state index in [-0.39, 0.29) is 17.7 Å². The summed E-state index contributed by atoms with van der Waals surface area (Å²) in [5.41, 5.74) is 1.30. The number of rotatable bonds is 5. The molecule has 0 spiro atoms. The van der Waals surface area contributed by atoms with Crippen molar-refractivity contribution in [1.29, 1.82) is 0 Å². The van der Waals surface area contributed by atoms with Crippen molar-refractivity contribution >= 4 is 17.4 Å². The van der Waals surface area contributed by atoms with Gasteiger partial charge >= 0.3 is 0 Å². The van der Waals surface area contributed by atoms with Gasteiger partial charge in [0.05, 0.1) is 6.04 Å². The van der Waals surface area contributed by atoms with Crippen LogP contribution in [0, 0.1) is 0 Å². The molecule has 2 aromatic rings. The molecule has 20 heavy (non-hydrogen) atoms. The molecule has 0 saturated heterocycles. The third-order valence-electron chi connectivity index (χ3n) is 2.94. The highest BCUT2D eigenvalue weighted by Gasteiger charge is 2.11. The van der Waals surface area contributed by atoms with E-state index in [1.807, 2.05) is 6.92 Å². The number of ketones is 1. The fourth-order valence-electron chi connectivity index (χ4n) is 1.81. The molecule has 1 aromatic heterocycles. The molecular formula is C14H16N4O2. The quantitative estimate of drug-likeness (QED) is 0.845. The van der Waals surface area contributed by atoms with E-state index in [0.717, 1.165) is 0 Å². The number of carbonyl (C=O) groups is 2. The minimum atomic E-state index is -0.108. The summed E-state index contributed by atoms with van der Waals surface area (Å²) in [7, 11) is 0. The van der Waals surface area contributed by atoms with Crippen LogP contribution in [-0.4, -0.2) is 26.5 Å². The second-order valence-electron chi connectivity index (χ2n) is 4.61. The van der Waals surface area contributed by atoms with Gasteiger partial charge in [-0.15, -0.1) is 0 Å². The Morgan fingerprint density at radius 2 is 2.00 bits per heavy atom. The first kappa shape index (κ1) is 13.9. The first-order valence-corrected chi connectivity index (χ1v) is 6.31. The Hall–Kier alpha value is -2.50. The van der Waals surface area contributed by atoms with Gasteiger partial charge in [-0.3, -0.25) is 9.59 Å². The van der Waals surface area contributed by atoms with Crippen molar-refractivity contribution in [2.24, 2.45) is 0 Å². The molecule has 0 aliphatic heterocycles. The fourth-order valence-corrected chi connectivity index (χ4v) is 1.81. The number of anilines is 1. The highest BCUT2D eigenvalue weighted by Crippen LogP contribution is 2.13. The summed E-state index contributed by atoms with van der Waals surface area (Å²) in [5.74, 6) is -0.105. The molecule has 1 N–H and O–H groups in total. The zero-order valence-electron chi connectivity index (χ0n) is 11.4. The molecule has 1 atom stereocenters. The topological polar surface area (TPSA) is 76.9 Å². The molecule has 1 amide bonds. The maximum atomic E-state index is 11.9. The smallest absolute Gasteiger partial charge is 0.226 e. The lowest BCUT2D eigenvalue weighted by Gasteiger charge is -2.11. The number of nitrogens with zero attached hydrogens (tertiary/aromatic N) is 3. The Labute approximate surface area is 116 Å². The van der Waals surface area contributed by atoms with Crippen LogP contribution < -0.4 is 5.32 Å². The summed E-state index contributed by atoms with van der Waals surface area (Å²) in [4.78, 5) is 26.9. The summed E-state index contributed by atoms with van der Waals surface area (Å²) in [5, 5.41) is 6.78. The molecule has 1 aromatic carbocycles. The van der Waals surface area contributed by atoms with Crippen LogP contribution >= 0.6 is 0 Å². The Kier molecular flexibility index (Phi) is 4.24. The fraction of sp³-hybridized carbons (Fsp3) is 0.286. The molecule has 0 radical (unpaired) electrons. The van der Waals surface area contributed by atoms with Crippen molar-refractivity contribution in [3.05, 3.63) is 42.5 Å². The van der Waals surface area contributed by atoms with E-state index in [0.29, 0.717) is 17.7 Å². The van der Waals surface area contributed by atoms with Gasteiger partial charge in [0.15, 0.2) is 5.78 Å². The highest BCUT2D eigenvalue weighted by molar-refractivity contribution is 5.95. The van der Waals surface area contributed by atoms with Crippen LogP contribution in [0.25, 0.3) is 0 Å². The van der Waals surface area contributed by atoms with Gasteiger partial charge in [-0.1, -0.05) is 0 Å². The van der Waals surface area contributed by atoms with Gasteiger partial charge < -0.3 is 5.32 Å². The van der Waals surface area contributed by atoms with Crippen LogP contribution in [0.2, 0.25) is 0 Å². The third-order valence-corrected chi connectivity index (χ3v) is 2.94. The molecule has 0 aliphatic rings. The summed E-state index contributed by atoms with van der Waals surface area (Å²) < 4.78 is 1.64. The number of hydrogen-bond donors (Lipinski definition) is 1. The SMILES string of the molecule is CC(=O)c1ccc(NC(=O)C[C@H](C)n2cncn2)cc1. The Bertz CT molecular complexity index is 590. The van der Waals surface area contributed by atoms with E-state index in [4.69, 9.17) is 0 Å². The Morgan fingerprint density at radius 1 is 1.30 bits per heavy atom. The predicted octanol–water partition coefficient (Wildman–Crippen LogP) is 2.07. The second kappa shape index (κ2) is 6.10. The van der Waals surface area contributed by atoms with Crippen molar-refractivity contribution < 1.29 is 9.59 Å². The second-order valence-corrected chi connectivity index (χ2v) is 4.61. The van der Waals surface area contributed by atoms with E-state index >= 15 is 0 Å². The van der Waals surface area contributed by atoms with Crippen molar-refractivity contribution in [3.8, 4) is 0 Å². The average molecular weight is 272 g/mol. The van der Waals surface area contributed by atoms with Crippen LogP contribution in [-0.2, 0) is 4.79 Å². The highest BCUT2D eigenvalue weighted by atomic mass is 16.1. The molecule has 0 fully saturated rings. The van der Waals surface area contributed by atoms with E-state index in [9.17, 15) is 9.59 Å². The Balaban J connectivity index is 1.92. The molecule has 1 heterocycles. The van der Waals surface area contributed by atoms with Crippen molar-refractivity contribution in [2.45, 2.75) is 26.3 Å². The van der Waals surface area contributed by atoms with Crippen LogP contribution in [0.15, 0.2) is 36.9 Å². The van der Waals surface area contributed by atoms with Gasteiger partial charge in [0, 0.05) is 17.7 Å². The van der Waals surface area contributed by atoms with E-state index in [1.54, 1.807) is 35.3 Å². The first-order chi connectivity index (χ1) is 9.56. The maximum absolute atomic E-state index is 11.9. The van der Waals surface area contributed by atoms with Gasteiger partial charge in [-0.05, 0) is 38.1 Å². The molecule has 2 rings (SSSR count). The normalized spacial score (nSPS) is 11.9. The molecule has 104 valence electrons. The maximum Gasteiger partial charge on any atom is 0.226 e. The van der Waals surface area contributed by atoms with Gasteiger partial charge in [0.1, 0.15) is 12.7 Å². The number of aromatic nitrogens is 3. The summed E-state index contributed by atoms with van der Waals surface area (Å²) >= 11 is 0. The largest absolute Gasteiger partial charge is 0.326 e. The van der Waals surface area contributed by atoms with Crippen molar-refractivity contribution in [1.82, 2.24) is 14.8 Å². The van der Waals surface area contributed by atoms with Gasteiger partial charge in [0.2, 0.25) is 5.91 Å². The lowest BCUT2D eigenvalue weighted by Crippen LogP contribution is -2.17. The van der Waals surface area contributed by atoms with Crippen LogP contribution in [0.5, 0.6) is 0 Å². The molecule has 0 bridgehead atoms. The predicted molar refractivity (Wildman–Crippen MR) is 74.4 cm³/mol. The summed E-state index contributed by atoms with van der Waals surface area (Å²) in [6.45, 7) is 3.40. The number of amides is 1. The molecule has 0 aliphatic carbocycles. The molecular weight excluding hydrogens is 256 g/mol. The van der Waals surface area contributed by atoms with Gasteiger partial charge in [-0.25, -0.2) is 9.67 Å². The monoisotopic (exact) mass is 272 g/mol. The Morgan fingerprint density at radius 3 is 2.55 bits per heavy atom. The summed E-state index contributed by atoms with van der Waals surface area (Å²) in [6, 6.07) is 6.76. The number of carbonyl (C=O) groups excluding carboxylic acids is 2. The van der Waals surface area contributed by atoms with Gasteiger partial charge in [0.25, 0.3) is 0 Å². The minimum Gasteiger partial charge on any atom is -0.326 e. The zero-order valence-corrected chi connectivity index (χ0v) is 11.4. The minimum absolute atomic E-state index is 0.00248. The number of nitrogens with one attached hydrogen (secondary N) is 1. The zero-order chi connectivity index (χ0) is 14.5. The third kappa shape index (κ3) is 3.50. The van der Waals surface area contributed by atoms with Crippen LogP contribution in [0.3, 0.4) is 0 Å². The van der Waals surface area contributed by atoms with Crippen LogP contribution in [0.1, 0.15) is 36.7 Å². The number of hydrogen-bond acceptors (Lipinski definition) is 4. The molecule has 6 heteroatoms. The van der Waals surface area contributed by atoms with Crippen LogP contribution in [0.4, 0.5) is 5.69 Å². The van der Waals surface area contributed by atoms with E-state index in [1.165, 1.54) is 13.3 Å². The average Bonchev–Trinajstić information content (AvgIpc) is 2.93. The standard InChI is InChI=1S/C14H16N4O2/c1-10(18-9-15-8-16-18)7-14(20)17-13-5-3-12(4-6-13)11(2)19/h3-6,8-10H,7H2,1-2H3,(H,17,20)/t10-/m0/s1. The van der Waals surface area contributed by atoms with E-state index < -0.39 is 0 Å². The van der Waals surface area contributed by atoms with Crippen molar-refractivity contribution in [2.75, 3.05) is 5.32 Å². The molecule has 0 saturated carbocycles. The van der Waals surface area contributed by atoms with Crippen molar-refractivity contribution in [3.63, 3.8) is 0 Å². The van der Waals surface area contributed by atoms with E-state index in [2.05, 4.69) is 15.4 Å². The lowest BCUT2D eigenvalue weighted by molar-refractivity contribution is -0.116. The lowest BCUT2D eigenvalue weighted by atomic mass is 10.1.